The molecule has 0 bridgehead atoms. The summed E-state index contributed by atoms with van der Waals surface area (Å²) in [5, 5.41) is 0. The van der Waals surface area contributed by atoms with Gasteiger partial charge in [0.1, 0.15) is 0 Å². The van der Waals surface area contributed by atoms with E-state index in [2.05, 4.69) is 0 Å². The van der Waals surface area contributed by atoms with Crippen LogP contribution in [0.25, 0.3) is 0 Å². The number of sulfonamides is 1. The Morgan fingerprint density at radius 2 is 1.68 bits per heavy atom. The van der Waals surface area contributed by atoms with Crippen molar-refractivity contribution in [2.24, 2.45) is 0 Å². The fraction of sp³-hybridized carbons (Fsp3) is 0.143. The summed E-state index contributed by atoms with van der Waals surface area (Å²) < 4.78 is 26.3. The Bertz CT molecular complexity index is 662. The largest absolute Gasteiger partial charge is 0.399 e. The van der Waals surface area contributed by atoms with E-state index in [-0.39, 0.29) is 4.90 Å². The second-order valence-corrected chi connectivity index (χ2v) is 6.36. The van der Waals surface area contributed by atoms with Crippen molar-refractivity contribution in [1.29, 1.82) is 0 Å². The molecule has 0 fully saturated rings. The van der Waals surface area contributed by atoms with Crippen molar-refractivity contribution in [3.05, 3.63) is 54.1 Å². The summed E-state index contributed by atoms with van der Waals surface area (Å²) in [7, 11) is -2.05. The summed E-state index contributed by atoms with van der Waals surface area (Å²) in [6, 6.07) is 13.8. The lowest BCUT2D eigenvalue weighted by Gasteiger charge is -2.20. The topological polar surface area (TPSA) is 63.4 Å². The van der Waals surface area contributed by atoms with E-state index in [4.69, 9.17) is 5.73 Å². The molecule has 2 aromatic carbocycles. The Labute approximate surface area is 113 Å². The SMILES string of the molecule is Cc1cc(N)cc(S(=O)(=O)N(C)c2ccccc2)c1. The predicted octanol–water partition coefficient (Wildman–Crippen LogP) is 2.40. The molecule has 4 nitrogen and oxygen atoms in total. The summed E-state index contributed by atoms with van der Waals surface area (Å²) in [6.07, 6.45) is 0. The van der Waals surface area contributed by atoms with E-state index in [1.165, 1.54) is 17.4 Å². The van der Waals surface area contributed by atoms with Gasteiger partial charge in [-0.25, -0.2) is 8.42 Å². The maximum atomic E-state index is 12.5. The van der Waals surface area contributed by atoms with E-state index >= 15 is 0 Å². The highest BCUT2D eigenvalue weighted by molar-refractivity contribution is 7.92. The molecular formula is C14H16N2O2S. The lowest BCUT2D eigenvalue weighted by molar-refractivity contribution is 0.594. The van der Waals surface area contributed by atoms with Crippen LogP contribution < -0.4 is 10.0 Å². The highest BCUT2D eigenvalue weighted by atomic mass is 32.2. The highest BCUT2D eigenvalue weighted by Gasteiger charge is 2.21. The van der Waals surface area contributed by atoms with Gasteiger partial charge in [0.2, 0.25) is 0 Å². The van der Waals surface area contributed by atoms with Crippen LogP contribution in [0.4, 0.5) is 11.4 Å². The quantitative estimate of drug-likeness (QED) is 0.876. The van der Waals surface area contributed by atoms with Crippen LogP contribution in [-0.2, 0) is 10.0 Å². The highest BCUT2D eigenvalue weighted by Crippen LogP contribution is 2.23. The first kappa shape index (κ1) is 13.4. The molecule has 2 N–H and O–H groups in total. The number of nitrogens with zero attached hydrogens (tertiary/aromatic N) is 1. The molecule has 0 heterocycles. The second-order valence-electron chi connectivity index (χ2n) is 4.39. The van der Waals surface area contributed by atoms with Crippen LogP contribution in [0.1, 0.15) is 5.56 Å². The maximum Gasteiger partial charge on any atom is 0.264 e. The zero-order valence-corrected chi connectivity index (χ0v) is 11.7. The van der Waals surface area contributed by atoms with Crippen LogP contribution in [-0.4, -0.2) is 15.5 Å². The van der Waals surface area contributed by atoms with Gasteiger partial charge in [0.15, 0.2) is 0 Å². The van der Waals surface area contributed by atoms with Gasteiger partial charge in [-0.2, -0.15) is 0 Å². The Hall–Kier alpha value is -2.01. The van der Waals surface area contributed by atoms with Gasteiger partial charge in [0.05, 0.1) is 10.6 Å². The summed E-state index contributed by atoms with van der Waals surface area (Å²) in [5.74, 6) is 0. The van der Waals surface area contributed by atoms with E-state index in [1.54, 1.807) is 36.4 Å². The number of para-hydroxylation sites is 1. The molecule has 5 heteroatoms. The third-order valence-electron chi connectivity index (χ3n) is 2.85. The molecule has 0 spiro atoms. The average Bonchev–Trinajstić information content (AvgIpc) is 2.37. The first-order valence-electron chi connectivity index (χ1n) is 5.82. The molecule has 2 rings (SSSR count). The molecule has 2 aromatic rings. The van der Waals surface area contributed by atoms with Crippen molar-refractivity contribution in [2.45, 2.75) is 11.8 Å². The number of hydrogen-bond donors (Lipinski definition) is 1. The normalized spacial score (nSPS) is 11.3. The smallest absolute Gasteiger partial charge is 0.264 e. The number of hydrogen-bond acceptors (Lipinski definition) is 3. The van der Waals surface area contributed by atoms with Gasteiger partial charge in [-0.3, -0.25) is 4.31 Å². The van der Waals surface area contributed by atoms with Gasteiger partial charge in [0.25, 0.3) is 10.0 Å². The molecule has 0 aliphatic carbocycles. The fourth-order valence-corrected chi connectivity index (χ4v) is 3.20. The van der Waals surface area contributed by atoms with Crippen LogP contribution in [0.2, 0.25) is 0 Å². The third kappa shape index (κ3) is 2.71. The average molecular weight is 276 g/mol. The van der Waals surface area contributed by atoms with Crippen LogP contribution in [0.3, 0.4) is 0 Å². The molecule has 0 aromatic heterocycles. The molecule has 0 amide bonds. The lowest BCUT2D eigenvalue weighted by atomic mass is 10.2. The van der Waals surface area contributed by atoms with Gasteiger partial charge < -0.3 is 5.73 Å². The van der Waals surface area contributed by atoms with E-state index in [9.17, 15) is 8.42 Å². The van der Waals surface area contributed by atoms with Gasteiger partial charge in [-0.05, 0) is 42.8 Å². The number of rotatable bonds is 3. The summed E-state index contributed by atoms with van der Waals surface area (Å²) in [5.41, 5.74) is 7.59. The zero-order chi connectivity index (χ0) is 14.0. The molecule has 0 saturated heterocycles. The summed E-state index contributed by atoms with van der Waals surface area (Å²) >= 11 is 0. The molecule has 0 aliphatic rings. The summed E-state index contributed by atoms with van der Waals surface area (Å²) in [6.45, 7) is 1.82. The van der Waals surface area contributed by atoms with Gasteiger partial charge in [0, 0.05) is 12.7 Å². The van der Waals surface area contributed by atoms with Crippen molar-refractivity contribution >= 4 is 21.4 Å². The van der Waals surface area contributed by atoms with Crippen LogP contribution >= 0.6 is 0 Å². The van der Waals surface area contributed by atoms with E-state index in [1.807, 2.05) is 13.0 Å². The molecule has 0 aliphatic heterocycles. The monoisotopic (exact) mass is 276 g/mol. The van der Waals surface area contributed by atoms with Gasteiger partial charge in [-0.1, -0.05) is 18.2 Å². The lowest BCUT2D eigenvalue weighted by Crippen LogP contribution is -2.26. The molecule has 0 atom stereocenters. The summed E-state index contributed by atoms with van der Waals surface area (Å²) in [4.78, 5) is 0.205. The third-order valence-corrected chi connectivity index (χ3v) is 4.61. The first-order chi connectivity index (χ1) is 8.91. The first-order valence-corrected chi connectivity index (χ1v) is 7.26. The van der Waals surface area contributed by atoms with Crippen LogP contribution in [0.5, 0.6) is 0 Å². The molecule has 0 unspecified atom stereocenters. The molecule has 100 valence electrons. The molecule has 19 heavy (non-hydrogen) atoms. The van der Waals surface area contributed by atoms with E-state index < -0.39 is 10.0 Å². The minimum atomic E-state index is -3.58. The van der Waals surface area contributed by atoms with Crippen molar-refractivity contribution in [1.82, 2.24) is 0 Å². The van der Waals surface area contributed by atoms with E-state index in [0.29, 0.717) is 11.4 Å². The van der Waals surface area contributed by atoms with Crippen molar-refractivity contribution in [2.75, 3.05) is 17.1 Å². The predicted molar refractivity (Wildman–Crippen MR) is 77.6 cm³/mol. The number of benzene rings is 2. The number of nitrogen functional groups attached to an aromatic ring is 1. The minimum absolute atomic E-state index is 0.205. The maximum absolute atomic E-state index is 12.5. The molecule has 0 saturated carbocycles. The van der Waals surface area contributed by atoms with Crippen LogP contribution in [0.15, 0.2) is 53.4 Å². The van der Waals surface area contributed by atoms with Crippen molar-refractivity contribution < 1.29 is 8.42 Å². The Balaban J connectivity index is 2.48. The minimum Gasteiger partial charge on any atom is -0.399 e. The number of anilines is 2. The fourth-order valence-electron chi connectivity index (χ4n) is 1.86. The van der Waals surface area contributed by atoms with Gasteiger partial charge in [-0.15, -0.1) is 0 Å². The number of aryl methyl sites for hydroxylation is 1. The zero-order valence-electron chi connectivity index (χ0n) is 10.9. The Morgan fingerprint density at radius 1 is 1.05 bits per heavy atom. The van der Waals surface area contributed by atoms with Crippen molar-refractivity contribution in [3.63, 3.8) is 0 Å². The van der Waals surface area contributed by atoms with Gasteiger partial charge >= 0.3 is 0 Å². The second kappa shape index (κ2) is 4.93. The van der Waals surface area contributed by atoms with Crippen LogP contribution in [0, 0.1) is 6.92 Å². The number of nitrogens with two attached hydrogens (primary N) is 1. The Morgan fingerprint density at radius 3 is 2.26 bits per heavy atom. The molecular weight excluding hydrogens is 260 g/mol. The van der Waals surface area contributed by atoms with E-state index in [0.717, 1.165) is 5.56 Å². The standard InChI is InChI=1S/C14H16N2O2S/c1-11-8-12(15)10-14(9-11)19(17,18)16(2)13-6-4-3-5-7-13/h3-10H,15H2,1-2H3. The molecule has 0 radical (unpaired) electrons. The van der Waals surface area contributed by atoms with Crippen molar-refractivity contribution in [3.8, 4) is 0 Å². The Kier molecular flexibility index (Phi) is 3.48.